The first kappa shape index (κ1) is 14.8. The van der Waals surface area contributed by atoms with Crippen molar-refractivity contribution in [2.45, 2.75) is 6.92 Å². The van der Waals surface area contributed by atoms with Gasteiger partial charge >= 0.3 is 0 Å². The molecule has 0 fully saturated rings. The lowest BCUT2D eigenvalue weighted by molar-refractivity contribution is -0.383. The zero-order valence-corrected chi connectivity index (χ0v) is 11.8. The van der Waals surface area contributed by atoms with Crippen LogP contribution in [0.4, 0.5) is 17.1 Å². The van der Waals surface area contributed by atoms with Gasteiger partial charge in [0.2, 0.25) is 0 Å². The monoisotopic (exact) mass is 305 g/mol. The van der Waals surface area contributed by atoms with Crippen LogP contribution in [0, 0.1) is 17.0 Å². The Kier molecular flexibility index (Phi) is 4.09. The van der Waals surface area contributed by atoms with Crippen LogP contribution in [-0.2, 0) is 0 Å². The summed E-state index contributed by atoms with van der Waals surface area (Å²) in [5, 5.41) is 13.7. The zero-order valence-electron chi connectivity index (χ0n) is 11.1. The molecule has 0 heterocycles. The number of nitrogens with two attached hydrogens (primary N) is 1. The van der Waals surface area contributed by atoms with Crippen molar-refractivity contribution < 1.29 is 9.72 Å². The number of amides is 1. The maximum Gasteiger partial charge on any atom is 0.292 e. The second-order valence-corrected chi connectivity index (χ2v) is 4.88. The van der Waals surface area contributed by atoms with Gasteiger partial charge in [-0.1, -0.05) is 11.6 Å². The van der Waals surface area contributed by atoms with Crippen molar-refractivity contribution in [2.24, 2.45) is 0 Å². The normalized spacial score (nSPS) is 10.2. The summed E-state index contributed by atoms with van der Waals surface area (Å²) in [4.78, 5) is 22.5. The van der Waals surface area contributed by atoms with Crippen molar-refractivity contribution in [3.8, 4) is 0 Å². The molecule has 108 valence electrons. The van der Waals surface area contributed by atoms with Crippen LogP contribution >= 0.6 is 11.6 Å². The van der Waals surface area contributed by atoms with E-state index in [0.717, 1.165) is 5.56 Å². The Morgan fingerprint density at radius 1 is 1.29 bits per heavy atom. The molecule has 0 aliphatic rings. The number of aryl methyl sites for hydroxylation is 1. The van der Waals surface area contributed by atoms with E-state index in [1.54, 1.807) is 25.1 Å². The molecule has 1 amide bonds. The van der Waals surface area contributed by atoms with Crippen molar-refractivity contribution in [2.75, 3.05) is 11.1 Å². The highest BCUT2D eigenvalue weighted by Crippen LogP contribution is 2.28. The number of nitro benzene ring substituents is 1. The van der Waals surface area contributed by atoms with E-state index in [1.165, 1.54) is 18.2 Å². The Hall–Kier alpha value is -2.60. The maximum absolute atomic E-state index is 12.1. The molecule has 0 aliphatic carbocycles. The number of hydrogen-bond acceptors (Lipinski definition) is 4. The Morgan fingerprint density at radius 3 is 2.62 bits per heavy atom. The van der Waals surface area contributed by atoms with Gasteiger partial charge in [-0.25, -0.2) is 0 Å². The molecular weight excluding hydrogens is 294 g/mol. The maximum atomic E-state index is 12.1. The van der Waals surface area contributed by atoms with Gasteiger partial charge in [-0.15, -0.1) is 0 Å². The number of anilines is 2. The highest BCUT2D eigenvalue weighted by atomic mass is 35.5. The molecule has 0 atom stereocenters. The van der Waals surface area contributed by atoms with Gasteiger partial charge < -0.3 is 11.1 Å². The second-order valence-electron chi connectivity index (χ2n) is 4.44. The van der Waals surface area contributed by atoms with E-state index in [-0.39, 0.29) is 11.4 Å². The summed E-state index contributed by atoms with van der Waals surface area (Å²) in [6.45, 7) is 1.77. The molecule has 0 unspecified atom stereocenters. The van der Waals surface area contributed by atoms with E-state index >= 15 is 0 Å². The summed E-state index contributed by atoms with van der Waals surface area (Å²) in [6.07, 6.45) is 0. The van der Waals surface area contributed by atoms with Crippen LogP contribution in [-0.4, -0.2) is 10.8 Å². The van der Waals surface area contributed by atoms with Gasteiger partial charge in [-0.3, -0.25) is 14.9 Å². The first-order chi connectivity index (χ1) is 9.88. The van der Waals surface area contributed by atoms with Gasteiger partial charge in [0.1, 0.15) is 5.69 Å². The standard InChI is InChI=1S/C14H12ClN3O3/c1-8-6-9(2-4-11(8)16)14(19)17-12-7-10(15)3-5-13(12)18(20)21/h2-7H,16H2,1H3,(H,17,19). The van der Waals surface area contributed by atoms with E-state index in [2.05, 4.69) is 5.32 Å². The number of carbonyl (C=O) groups is 1. The number of carbonyl (C=O) groups excluding carboxylic acids is 1. The van der Waals surface area contributed by atoms with Gasteiger partial charge in [0, 0.05) is 22.3 Å². The van der Waals surface area contributed by atoms with Crippen LogP contribution in [0.2, 0.25) is 5.02 Å². The minimum atomic E-state index is -0.583. The lowest BCUT2D eigenvalue weighted by atomic mass is 10.1. The van der Waals surface area contributed by atoms with E-state index in [0.29, 0.717) is 16.3 Å². The molecule has 0 radical (unpaired) electrons. The lowest BCUT2D eigenvalue weighted by Gasteiger charge is -2.08. The molecule has 0 spiro atoms. The van der Waals surface area contributed by atoms with E-state index in [4.69, 9.17) is 17.3 Å². The van der Waals surface area contributed by atoms with Crippen LogP contribution < -0.4 is 11.1 Å². The fourth-order valence-electron chi connectivity index (χ4n) is 1.78. The molecule has 0 aliphatic heterocycles. The molecule has 6 nitrogen and oxygen atoms in total. The summed E-state index contributed by atoms with van der Waals surface area (Å²) >= 11 is 5.81. The smallest absolute Gasteiger partial charge is 0.292 e. The zero-order chi connectivity index (χ0) is 15.6. The first-order valence-electron chi connectivity index (χ1n) is 6.00. The van der Waals surface area contributed by atoms with E-state index < -0.39 is 10.8 Å². The first-order valence-corrected chi connectivity index (χ1v) is 6.37. The van der Waals surface area contributed by atoms with Gasteiger partial charge in [0.05, 0.1) is 4.92 Å². The van der Waals surface area contributed by atoms with Crippen molar-refractivity contribution in [1.82, 2.24) is 0 Å². The summed E-state index contributed by atoms with van der Waals surface area (Å²) in [5.74, 6) is -0.469. The highest BCUT2D eigenvalue weighted by Gasteiger charge is 2.17. The topological polar surface area (TPSA) is 98.3 Å². The fraction of sp³-hybridized carbons (Fsp3) is 0.0714. The second kappa shape index (κ2) is 5.80. The number of nitrogens with zero attached hydrogens (tertiary/aromatic N) is 1. The summed E-state index contributed by atoms with van der Waals surface area (Å²) < 4.78 is 0. The van der Waals surface area contributed by atoms with Crippen LogP contribution in [0.5, 0.6) is 0 Å². The Bertz CT molecular complexity index is 731. The SMILES string of the molecule is Cc1cc(C(=O)Nc2cc(Cl)ccc2[N+](=O)[O-])ccc1N. The van der Waals surface area contributed by atoms with Gasteiger partial charge in [-0.05, 0) is 42.8 Å². The number of nitrogen functional groups attached to an aromatic ring is 1. The van der Waals surface area contributed by atoms with Crippen molar-refractivity contribution in [1.29, 1.82) is 0 Å². The number of nitrogens with one attached hydrogen (secondary N) is 1. The number of hydrogen-bond donors (Lipinski definition) is 2. The van der Waals surface area contributed by atoms with Crippen LogP contribution in [0.3, 0.4) is 0 Å². The number of nitro groups is 1. The Morgan fingerprint density at radius 2 is 2.00 bits per heavy atom. The summed E-state index contributed by atoms with van der Waals surface area (Å²) in [6, 6.07) is 8.74. The quantitative estimate of drug-likeness (QED) is 0.516. The summed E-state index contributed by atoms with van der Waals surface area (Å²) in [7, 11) is 0. The summed E-state index contributed by atoms with van der Waals surface area (Å²) in [5.41, 5.74) is 7.19. The lowest BCUT2D eigenvalue weighted by Crippen LogP contribution is -2.13. The molecule has 2 aromatic carbocycles. The molecule has 2 rings (SSSR count). The van der Waals surface area contributed by atoms with E-state index in [9.17, 15) is 14.9 Å². The Balaban J connectivity index is 2.33. The average Bonchev–Trinajstić information content (AvgIpc) is 2.41. The highest BCUT2D eigenvalue weighted by molar-refractivity contribution is 6.31. The van der Waals surface area contributed by atoms with Crippen molar-refractivity contribution in [3.63, 3.8) is 0 Å². The molecule has 7 heteroatoms. The third kappa shape index (κ3) is 3.29. The molecule has 0 saturated carbocycles. The molecule has 0 bridgehead atoms. The largest absolute Gasteiger partial charge is 0.399 e. The van der Waals surface area contributed by atoms with Crippen molar-refractivity contribution in [3.05, 3.63) is 62.7 Å². The number of rotatable bonds is 3. The average molecular weight is 306 g/mol. The molecule has 21 heavy (non-hydrogen) atoms. The third-order valence-corrected chi connectivity index (χ3v) is 3.17. The minimum absolute atomic E-state index is 0.0481. The van der Waals surface area contributed by atoms with Crippen LogP contribution in [0.1, 0.15) is 15.9 Å². The Labute approximate surface area is 125 Å². The number of benzene rings is 2. The fourth-order valence-corrected chi connectivity index (χ4v) is 1.95. The van der Waals surface area contributed by atoms with Gasteiger partial charge in [-0.2, -0.15) is 0 Å². The minimum Gasteiger partial charge on any atom is -0.399 e. The van der Waals surface area contributed by atoms with Crippen molar-refractivity contribution >= 4 is 34.6 Å². The molecular formula is C14H12ClN3O3. The van der Waals surface area contributed by atoms with Crippen LogP contribution in [0.25, 0.3) is 0 Å². The molecule has 3 N–H and O–H groups in total. The molecule has 0 aromatic heterocycles. The third-order valence-electron chi connectivity index (χ3n) is 2.94. The van der Waals surface area contributed by atoms with Crippen LogP contribution in [0.15, 0.2) is 36.4 Å². The predicted molar refractivity (Wildman–Crippen MR) is 81.7 cm³/mol. The van der Waals surface area contributed by atoms with Gasteiger partial charge in [0.15, 0.2) is 0 Å². The van der Waals surface area contributed by atoms with Gasteiger partial charge in [0.25, 0.3) is 11.6 Å². The predicted octanol–water partition coefficient (Wildman–Crippen LogP) is 3.39. The molecule has 0 saturated heterocycles. The number of halogens is 1. The molecule has 2 aromatic rings. The van der Waals surface area contributed by atoms with E-state index in [1.807, 2.05) is 0 Å².